The van der Waals surface area contributed by atoms with Crippen LogP contribution in [-0.2, 0) is 4.74 Å². The van der Waals surface area contributed by atoms with E-state index in [2.05, 4.69) is 0 Å². The fourth-order valence-corrected chi connectivity index (χ4v) is 2.15. The summed E-state index contributed by atoms with van der Waals surface area (Å²) in [6.45, 7) is 2.47. The van der Waals surface area contributed by atoms with E-state index < -0.39 is 6.10 Å². The van der Waals surface area contributed by atoms with Crippen molar-refractivity contribution in [3.63, 3.8) is 0 Å². The Morgan fingerprint density at radius 1 is 1.00 bits per heavy atom. The first-order valence-corrected chi connectivity index (χ1v) is 6.70. The first-order chi connectivity index (χ1) is 9.22. The number of benzene rings is 2. The van der Waals surface area contributed by atoms with Crippen LogP contribution in [-0.4, -0.2) is 11.7 Å². The monoisotopic (exact) mass is 276 g/mol. The zero-order valence-corrected chi connectivity index (χ0v) is 11.5. The second-order valence-electron chi connectivity index (χ2n) is 4.28. The van der Waals surface area contributed by atoms with E-state index in [1.54, 1.807) is 12.1 Å². The molecule has 0 aliphatic heterocycles. The Kier molecular flexibility index (Phi) is 4.97. The molecule has 0 aliphatic carbocycles. The van der Waals surface area contributed by atoms with Gasteiger partial charge in [-0.1, -0.05) is 54.1 Å². The summed E-state index contributed by atoms with van der Waals surface area (Å²) >= 11 is 5.86. The minimum atomic E-state index is -0.709. The zero-order valence-electron chi connectivity index (χ0n) is 10.8. The molecule has 2 aromatic carbocycles. The average molecular weight is 277 g/mol. The summed E-state index contributed by atoms with van der Waals surface area (Å²) in [5.74, 6) is 0. The molecule has 0 bridgehead atoms. The fourth-order valence-electron chi connectivity index (χ4n) is 2.03. The molecule has 3 heteroatoms. The molecular formula is C16H17ClO2. The first-order valence-electron chi connectivity index (χ1n) is 6.32. The van der Waals surface area contributed by atoms with Crippen LogP contribution < -0.4 is 0 Å². The average Bonchev–Trinajstić information content (AvgIpc) is 2.46. The number of hydrogen-bond donors (Lipinski definition) is 1. The standard InChI is InChI=1S/C16H17ClO2/c1-2-19-16(13-6-4-3-5-7-13)15(18)12-8-10-14(17)11-9-12/h3-11,15-16,18H,2H2,1H3. The molecule has 0 heterocycles. The number of ether oxygens (including phenoxy) is 1. The van der Waals surface area contributed by atoms with Gasteiger partial charge in [-0.25, -0.2) is 0 Å². The molecule has 2 aromatic rings. The van der Waals surface area contributed by atoms with E-state index in [9.17, 15) is 5.11 Å². The number of hydrogen-bond acceptors (Lipinski definition) is 2. The molecule has 0 aliphatic rings. The van der Waals surface area contributed by atoms with Crippen molar-refractivity contribution in [2.75, 3.05) is 6.61 Å². The highest BCUT2D eigenvalue weighted by atomic mass is 35.5. The van der Waals surface area contributed by atoms with Gasteiger partial charge in [-0.05, 0) is 30.2 Å². The molecule has 0 saturated heterocycles. The lowest BCUT2D eigenvalue weighted by atomic mass is 9.98. The molecule has 0 aromatic heterocycles. The summed E-state index contributed by atoms with van der Waals surface area (Å²) in [4.78, 5) is 0. The third-order valence-electron chi connectivity index (χ3n) is 2.97. The largest absolute Gasteiger partial charge is 0.385 e. The summed E-state index contributed by atoms with van der Waals surface area (Å²) in [5, 5.41) is 11.1. The Morgan fingerprint density at radius 2 is 1.63 bits per heavy atom. The van der Waals surface area contributed by atoms with E-state index in [4.69, 9.17) is 16.3 Å². The van der Waals surface area contributed by atoms with Crippen LogP contribution in [0.5, 0.6) is 0 Å². The van der Waals surface area contributed by atoms with Crippen molar-refractivity contribution in [2.45, 2.75) is 19.1 Å². The van der Waals surface area contributed by atoms with Gasteiger partial charge in [0.25, 0.3) is 0 Å². The van der Waals surface area contributed by atoms with Gasteiger partial charge >= 0.3 is 0 Å². The Labute approximate surface area is 118 Å². The third kappa shape index (κ3) is 3.57. The highest BCUT2D eigenvalue weighted by Gasteiger charge is 2.22. The molecule has 2 unspecified atom stereocenters. The van der Waals surface area contributed by atoms with Gasteiger partial charge in [-0.2, -0.15) is 0 Å². The molecule has 100 valence electrons. The maximum atomic E-state index is 10.5. The van der Waals surface area contributed by atoms with Crippen LogP contribution in [0.15, 0.2) is 54.6 Å². The van der Waals surface area contributed by atoms with E-state index in [1.807, 2.05) is 49.4 Å². The predicted molar refractivity (Wildman–Crippen MR) is 77.2 cm³/mol. The topological polar surface area (TPSA) is 29.5 Å². The van der Waals surface area contributed by atoms with Gasteiger partial charge in [0.1, 0.15) is 12.2 Å². The summed E-state index contributed by atoms with van der Waals surface area (Å²) in [5.41, 5.74) is 1.76. The van der Waals surface area contributed by atoms with E-state index >= 15 is 0 Å². The van der Waals surface area contributed by atoms with E-state index in [0.29, 0.717) is 11.6 Å². The Balaban J connectivity index is 2.26. The quantitative estimate of drug-likeness (QED) is 0.889. The van der Waals surface area contributed by atoms with Gasteiger partial charge in [-0.3, -0.25) is 0 Å². The first kappa shape index (κ1) is 14.1. The molecule has 2 nitrogen and oxygen atoms in total. The van der Waals surface area contributed by atoms with E-state index in [0.717, 1.165) is 11.1 Å². The van der Waals surface area contributed by atoms with Gasteiger partial charge in [-0.15, -0.1) is 0 Å². The number of aliphatic hydroxyl groups excluding tert-OH is 1. The second-order valence-corrected chi connectivity index (χ2v) is 4.72. The molecule has 1 N–H and O–H groups in total. The lowest BCUT2D eigenvalue weighted by Crippen LogP contribution is -2.14. The molecule has 0 amide bonds. The summed E-state index contributed by atoms with van der Waals surface area (Å²) in [6.07, 6.45) is -1.08. The van der Waals surface area contributed by atoms with Crippen LogP contribution in [0.4, 0.5) is 0 Å². The molecular weight excluding hydrogens is 260 g/mol. The lowest BCUT2D eigenvalue weighted by molar-refractivity contribution is -0.0361. The Hall–Kier alpha value is -1.35. The van der Waals surface area contributed by atoms with Crippen molar-refractivity contribution in [3.8, 4) is 0 Å². The van der Waals surface area contributed by atoms with Crippen LogP contribution in [0.2, 0.25) is 5.02 Å². The van der Waals surface area contributed by atoms with Gasteiger partial charge in [0.2, 0.25) is 0 Å². The molecule has 2 atom stereocenters. The van der Waals surface area contributed by atoms with Crippen LogP contribution in [0.3, 0.4) is 0 Å². The SMILES string of the molecule is CCOC(c1ccccc1)C(O)c1ccc(Cl)cc1. The molecule has 0 radical (unpaired) electrons. The van der Waals surface area contributed by atoms with Gasteiger partial charge in [0.05, 0.1) is 0 Å². The summed E-state index contributed by atoms with van der Waals surface area (Å²) < 4.78 is 5.69. The minimum Gasteiger partial charge on any atom is -0.385 e. The number of halogens is 1. The Morgan fingerprint density at radius 3 is 2.21 bits per heavy atom. The normalized spacial score (nSPS) is 14.1. The van der Waals surface area contributed by atoms with Crippen LogP contribution in [0.25, 0.3) is 0 Å². The van der Waals surface area contributed by atoms with Crippen LogP contribution in [0.1, 0.15) is 30.3 Å². The van der Waals surface area contributed by atoms with Gasteiger partial charge < -0.3 is 9.84 Å². The maximum Gasteiger partial charge on any atom is 0.112 e. The van der Waals surface area contributed by atoms with E-state index in [-0.39, 0.29) is 6.10 Å². The second kappa shape index (κ2) is 6.71. The van der Waals surface area contributed by atoms with Crippen molar-refractivity contribution in [1.29, 1.82) is 0 Å². The molecule has 0 spiro atoms. The van der Waals surface area contributed by atoms with Crippen molar-refractivity contribution in [2.24, 2.45) is 0 Å². The van der Waals surface area contributed by atoms with Crippen molar-refractivity contribution >= 4 is 11.6 Å². The molecule has 0 saturated carbocycles. The number of aliphatic hydroxyl groups is 1. The third-order valence-corrected chi connectivity index (χ3v) is 3.22. The Bertz CT molecular complexity index is 496. The minimum absolute atomic E-state index is 0.368. The highest BCUT2D eigenvalue weighted by Crippen LogP contribution is 2.32. The van der Waals surface area contributed by atoms with Crippen LogP contribution in [0, 0.1) is 0 Å². The molecule has 2 rings (SSSR count). The van der Waals surface area contributed by atoms with Crippen molar-refractivity contribution in [3.05, 3.63) is 70.7 Å². The summed E-state index contributed by atoms with van der Waals surface area (Å²) in [6, 6.07) is 16.9. The molecule has 19 heavy (non-hydrogen) atoms. The van der Waals surface area contributed by atoms with Gasteiger partial charge in [0, 0.05) is 11.6 Å². The van der Waals surface area contributed by atoms with Crippen molar-refractivity contribution < 1.29 is 9.84 Å². The summed E-state index contributed by atoms with van der Waals surface area (Å²) in [7, 11) is 0. The van der Waals surface area contributed by atoms with Crippen LogP contribution >= 0.6 is 11.6 Å². The number of rotatable bonds is 5. The van der Waals surface area contributed by atoms with Gasteiger partial charge in [0.15, 0.2) is 0 Å². The lowest BCUT2D eigenvalue weighted by Gasteiger charge is -2.23. The highest BCUT2D eigenvalue weighted by molar-refractivity contribution is 6.30. The smallest absolute Gasteiger partial charge is 0.112 e. The zero-order chi connectivity index (χ0) is 13.7. The van der Waals surface area contributed by atoms with E-state index in [1.165, 1.54) is 0 Å². The predicted octanol–water partition coefficient (Wildman–Crippen LogP) is 4.15. The van der Waals surface area contributed by atoms with Crippen molar-refractivity contribution in [1.82, 2.24) is 0 Å². The molecule has 0 fully saturated rings. The maximum absolute atomic E-state index is 10.5. The fraction of sp³-hybridized carbons (Fsp3) is 0.250.